The van der Waals surface area contributed by atoms with E-state index in [0.29, 0.717) is 6.42 Å². The topological polar surface area (TPSA) is 62.5 Å². The zero-order chi connectivity index (χ0) is 12.9. The molecule has 1 N–H and O–H groups in total. The Labute approximate surface area is 104 Å². The summed E-state index contributed by atoms with van der Waals surface area (Å²) in [5, 5.41) is 20.1. The van der Waals surface area contributed by atoms with Gasteiger partial charge in [-0.05, 0) is 19.8 Å². The van der Waals surface area contributed by atoms with E-state index in [1.54, 1.807) is 21.1 Å². The summed E-state index contributed by atoms with van der Waals surface area (Å²) in [7, 11) is 3.09. The lowest BCUT2D eigenvalue weighted by Crippen LogP contribution is -2.48. The first-order valence-corrected chi connectivity index (χ1v) is 6.20. The van der Waals surface area contributed by atoms with Crippen molar-refractivity contribution in [3.8, 4) is 6.07 Å². The number of hydrogen-bond acceptors (Lipinski definition) is 4. The van der Waals surface area contributed by atoms with E-state index in [0.717, 1.165) is 32.1 Å². The number of methoxy groups -OCH3 is 2. The van der Waals surface area contributed by atoms with Crippen molar-refractivity contribution in [1.29, 1.82) is 5.26 Å². The van der Waals surface area contributed by atoms with Crippen LogP contribution in [0.1, 0.15) is 45.4 Å². The molecule has 0 aliphatic heterocycles. The fourth-order valence-corrected chi connectivity index (χ4v) is 2.71. The summed E-state index contributed by atoms with van der Waals surface area (Å²) in [4.78, 5) is 0. The second-order valence-corrected chi connectivity index (χ2v) is 5.13. The fourth-order valence-electron chi connectivity index (χ4n) is 2.71. The van der Waals surface area contributed by atoms with Crippen LogP contribution in [0, 0.1) is 16.7 Å². The van der Waals surface area contributed by atoms with Crippen molar-refractivity contribution in [2.45, 2.75) is 57.3 Å². The molecule has 0 radical (unpaired) electrons. The Balaban J connectivity index is 2.81. The van der Waals surface area contributed by atoms with Crippen molar-refractivity contribution < 1.29 is 14.6 Å². The molecule has 1 fully saturated rings. The molecule has 1 aliphatic carbocycles. The van der Waals surface area contributed by atoms with E-state index in [-0.39, 0.29) is 0 Å². The van der Waals surface area contributed by atoms with Crippen LogP contribution in [0.15, 0.2) is 0 Å². The monoisotopic (exact) mass is 241 g/mol. The number of ether oxygens (including phenoxy) is 2. The number of rotatable bonds is 5. The highest BCUT2D eigenvalue weighted by atomic mass is 16.7. The standard InChI is InChI=1S/C13H23NO3/c1-12(15,9-11(16-2)17-3)13(10-14)7-5-4-6-8-13/h11,15H,4-9H2,1-3H3. The molecular formula is C13H23NO3. The van der Waals surface area contributed by atoms with Crippen LogP contribution in [-0.4, -0.2) is 31.2 Å². The van der Waals surface area contributed by atoms with E-state index in [1.807, 2.05) is 0 Å². The molecule has 4 nitrogen and oxygen atoms in total. The molecule has 0 amide bonds. The van der Waals surface area contributed by atoms with Crippen LogP contribution in [0.5, 0.6) is 0 Å². The average Bonchev–Trinajstić information content (AvgIpc) is 2.36. The Morgan fingerprint density at radius 3 is 2.24 bits per heavy atom. The van der Waals surface area contributed by atoms with Crippen LogP contribution >= 0.6 is 0 Å². The van der Waals surface area contributed by atoms with Gasteiger partial charge >= 0.3 is 0 Å². The average molecular weight is 241 g/mol. The highest BCUT2D eigenvalue weighted by Gasteiger charge is 2.49. The summed E-state index contributed by atoms with van der Waals surface area (Å²) in [6.07, 6.45) is 4.55. The van der Waals surface area contributed by atoms with Gasteiger partial charge < -0.3 is 14.6 Å². The largest absolute Gasteiger partial charge is 0.388 e. The van der Waals surface area contributed by atoms with Crippen molar-refractivity contribution in [1.82, 2.24) is 0 Å². The second-order valence-electron chi connectivity index (χ2n) is 5.13. The molecule has 1 rings (SSSR count). The maximum atomic E-state index is 10.6. The van der Waals surface area contributed by atoms with Gasteiger partial charge in [0.15, 0.2) is 6.29 Å². The van der Waals surface area contributed by atoms with Gasteiger partial charge in [-0.2, -0.15) is 5.26 Å². The lowest BCUT2D eigenvalue weighted by molar-refractivity contribution is -0.166. The summed E-state index contributed by atoms with van der Waals surface area (Å²) < 4.78 is 10.2. The lowest BCUT2D eigenvalue weighted by atomic mass is 9.63. The van der Waals surface area contributed by atoms with Crippen LogP contribution in [0.3, 0.4) is 0 Å². The molecule has 1 atom stereocenters. The Morgan fingerprint density at radius 2 is 1.82 bits per heavy atom. The molecule has 17 heavy (non-hydrogen) atoms. The number of nitriles is 1. The lowest BCUT2D eigenvalue weighted by Gasteiger charge is -2.43. The van der Waals surface area contributed by atoms with Gasteiger partial charge in [0.2, 0.25) is 0 Å². The second kappa shape index (κ2) is 5.81. The summed E-state index contributed by atoms with van der Waals surface area (Å²) in [6.45, 7) is 1.73. The summed E-state index contributed by atoms with van der Waals surface area (Å²) in [5.74, 6) is 0. The van der Waals surface area contributed by atoms with Gasteiger partial charge in [0.25, 0.3) is 0 Å². The summed E-state index contributed by atoms with van der Waals surface area (Å²) in [5.41, 5.74) is -1.72. The molecule has 98 valence electrons. The van der Waals surface area contributed by atoms with Crippen LogP contribution < -0.4 is 0 Å². The van der Waals surface area contributed by atoms with Crippen molar-refractivity contribution in [3.05, 3.63) is 0 Å². The first-order chi connectivity index (χ1) is 8.01. The van der Waals surface area contributed by atoms with E-state index >= 15 is 0 Å². The molecule has 1 aliphatic rings. The number of hydrogen-bond donors (Lipinski definition) is 1. The molecule has 0 bridgehead atoms. The summed E-state index contributed by atoms with van der Waals surface area (Å²) >= 11 is 0. The Kier molecular flexibility index (Phi) is 4.93. The Hall–Kier alpha value is -0.630. The van der Waals surface area contributed by atoms with E-state index in [9.17, 15) is 10.4 Å². The van der Waals surface area contributed by atoms with Gasteiger partial charge in [0.1, 0.15) is 0 Å². The minimum Gasteiger partial charge on any atom is -0.388 e. The normalized spacial score (nSPS) is 23.1. The molecule has 1 saturated carbocycles. The SMILES string of the molecule is COC(CC(C)(O)C1(C#N)CCCCC1)OC. The predicted octanol–water partition coefficient (Wildman–Crippen LogP) is 2.22. The molecule has 0 aromatic rings. The first kappa shape index (κ1) is 14.4. The Bertz CT molecular complexity index is 273. The molecular weight excluding hydrogens is 218 g/mol. The maximum absolute atomic E-state index is 10.6. The molecule has 0 saturated heterocycles. The van der Waals surface area contributed by atoms with Gasteiger partial charge in [-0.1, -0.05) is 19.3 Å². The highest BCUT2D eigenvalue weighted by Crippen LogP contribution is 2.46. The fraction of sp³-hybridized carbons (Fsp3) is 0.923. The van der Waals surface area contributed by atoms with Crippen molar-refractivity contribution >= 4 is 0 Å². The van der Waals surface area contributed by atoms with E-state index < -0.39 is 17.3 Å². The zero-order valence-electron chi connectivity index (χ0n) is 11.0. The predicted molar refractivity (Wildman–Crippen MR) is 64.2 cm³/mol. The van der Waals surface area contributed by atoms with Crippen LogP contribution in [0.2, 0.25) is 0 Å². The van der Waals surface area contributed by atoms with E-state index in [1.165, 1.54) is 0 Å². The zero-order valence-corrected chi connectivity index (χ0v) is 11.0. The van der Waals surface area contributed by atoms with Crippen LogP contribution in [0.25, 0.3) is 0 Å². The van der Waals surface area contributed by atoms with Gasteiger partial charge in [-0.25, -0.2) is 0 Å². The molecule has 4 heteroatoms. The van der Waals surface area contributed by atoms with Crippen molar-refractivity contribution in [2.24, 2.45) is 5.41 Å². The van der Waals surface area contributed by atoms with Crippen molar-refractivity contribution in [2.75, 3.05) is 14.2 Å². The first-order valence-electron chi connectivity index (χ1n) is 6.20. The van der Waals surface area contributed by atoms with Gasteiger partial charge in [0, 0.05) is 20.6 Å². The van der Waals surface area contributed by atoms with Gasteiger partial charge in [-0.15, -0.1) is 0 Å². The van der Waals surface area contributed by atoms with Gasteiger partial charge in [0.05, 0.1) is 17.1 Å². The minimum absolute atomic E-state index is 0.327. The van der Waals surface area contributed by atoms with Crippen LogP contribution in [0.4, 0.5) is 0 Å². The quantitative estimate of drug-likeness (QED) is 0.750. The molecule has 0 heterocycles. The molecule has 0 aromatic carbocycles. The Morgan fingerprint density at radius 1 is 1.29 bits per heavy atom. The summed E-state index contributed by atoms with van der Waals surface area (Å²) in [6, 6.07) is 2.35. The third kappa shape index (κ3) is 2.98. The number of aliphatic hydroxyl groups is 1. The number of nitrogens with zero attached hydrogens (tertiary/aromatic N) is 1. The minimum atomic E-state index is -1.07. The molecule has 0 spiro atoms. The third-order valence-corrected chi connectivity index (χ3v) is 4.04. The highest BCUT2D eigenvalue weighted by molar-refractivity contribution is 5.11. The van der Waals surface area contributed by atoms with E-state index in [4.69, 9.17) is 9.47 Å². The smallest absolute Gasteiger partial charge is 0.159 e. The van der Waals surface area contributed by atoms with Crippen molar-refractivity contribution in [3.63, 3.8) is 0 Å². The van der Waals surface area contributed by atoms with E-state index in [2.05, 4.69) is 6.07 Å². The van der Waals surface area contributed by atoms with Gasteiger partial charge in [-0.3, -0.25) is 0 Å². The molecule has 1 unspecified atom stereocenters. The maximum Gasteiger partial charge on any atom is 0.159 e. The van der Waals surface area contributed by atoms with Crippen LogP contribution in [-0.2, 0) is 9.47 Å². The molecule has 0 aromatic heterocycles. The third-order valence-electron chi connectivity index (χ3n) is 4.04.